The van der Waals surface area contributed by atoms with Gasteiger partial charge in [-0.15, -0.1) is 0 Å². The van der Waals surface area contributed by atoms with Crippen molar-refractivity contribution in [2.75, 3.05) is 17.2 Å². The van der Waals surface area contributed by atoms with Crippen LogP contribution in [-0.2, 0) is 0 Å². The molecule has 0 radical (unpaired) electrons. The van der Waals surface area contributed by atoms with Gasteiger partial charge in [-0.2, -0.15) is 0 Å². The average molecular weight is 375 g/mol. The number of nitrogens with one attached hydrogen (secondary N) is 2. The summed E-state index contributed by atoms with van der Waals surface area (Å²) in [6, 6.07) is 17.8. The van der Waals surface area contributed by atoms with E-state index in [0.717, 1.165) is 17.1 Å². The molecule has 1 amide bonds. The van der Waals surface area contributed by atoms with Crippen molar-refractivity contribution in [1.29, 1.82) is 0 Å². The number of nitrogens with zero attached hydrogens (tertiary/aromatic N) is 1. The van der Waals surface area contributed by atoms with Crippen molar-refractivity contribution >= 4 is 28.8 Å². The highest BCUT2D eigenvalue weighted by atomic mass is 16.5. The molecule has 0 atom stereocenters. The van der Waals surface area contributed by atoms with E-state index in [1.54, 1.807) is 42.6 Å². The van der Waals surface area contributed by atoms with E-state index in [-0.39, 0.29) is 17.4 Å². The number of hydrogen-bond acceptors (Lipinski definition) is 5. The van der Waals surface area contributed by atoms with Gasteiger partial charge in [0.05, 0.1) is 12.3 Å². The predicted molar refractivity (Wildman–Crippen MR) is 110 cm³/mol. The van der Waals surface area contributed by atoms with Crippen LogP contribution in [0.25, 0.3) is 0 Å². The molecule has 0 unspecified atom stereocenters. The van der Waals surface area contributed by atoms with E-state index in [4.69, 9.17) is 4.74 Å². The number of ketones is 1. The van der Waals surface area contributed by atoms with Gasteiger partial charge in [-0.3, -0.25) is 14.6 Å². The zero-order valence-electron chi connectivity index (χ0n) is 15.7. The summed E-state index contributed by atoms with van der Waals surface area (Å²) >= 11 is 0. The van der Waals surface area contributed by atoms with Crippen LogP contribution < -0.4 is 15.4 Å². The number of carbonyl (C=O) groups is 2. The summed E-state index contributed by atoms with van der Waals surface area (Å²) in [5, 5.41) is 6.04. The molecular weight excluding hydrogens is 354 g/mol. The van der Waals surface area contributed by atoms with E-state index in [2.05, 4.69) is 15.6 Å². The van der Waals surface area contributed by atoms with Crippen LogP contribution in [0.2, 0.25) is 0 Å². The minimum atomic E-state index is -0.336. The summed E-state index contributed by atoms with van der Waals surface area (Å²) in [5.74, 6) is 0.376. The molecule has 6 nitrogen and oxygen atoms in total. The van der Waals surface area contributed by atoms with Gasteiger partial charge in [0.25, 0.3) is 5.91 Å². The Morgan fingerprint density at radius 3 is 2.46 bits per heavy atom. The third-order valence-electron chi connectivity index (χ3n) is 4.01. The van der Waals surface area contributed by atoms with Crippen molar-refractivity contribution < 1.29 is 14.3 Å². The zero-order valence-corrected chi connectivity index (χ0v) is 15.7. The lowest BCUT2D eigenvalue weighted by atomic mass is 10.1. The van der Waals surface area contributed by atoms with Crippen molar-refractivity contribution in [2.45, 2.75) is 13.8 Å². The highest BCUT2D eigenvalue weighted by molar-refractivity contribution is 6.03. The molecule has 0 saturated carbocycles. The number of anilines is 3. The first-order valence-electron chi connectivity index (χ1n) is 8.94. The molecule has 28 heavy (non-hydrogen) atoms. The molecule has 142 valence electrons. The maximum Gasteiger partial charge on any atom is 0.274 e. The van der Waals surface area contributed by atoms with Gasteiger partial charge in [0, 0.05) is 23.1 Å². The molecule has 0 fully saturated rings. The van der Waals surface area contributed by atoms with E-state index in [1.807, 2.05) is 31.2 Å². The van der Waals surface area contributed by atoms with Crippen LogP contribution >= 0.6 is 0 Å². The maximum atomic E-state index is 12.5. The Hall–Kier alpha value is -3.67. The number of aromatic nitrogens is 1. The molecule has 0 saturated heterocycles. The molecule has 0 aliphatic carbocycles. The number of carbonyl (C=O) groups excluding carboxylic acids is 2. The number of pyridine rings is 1. The monoisotopic (exact) mass is 375 g/mol. The third kappa shape index (κ3) is 4.73. The Morgan fingerprint density at radius 2 is 1.75 bits per heavy atom. The SMILES string of the molecule is CCOc1ccccc1Nc1ccnc(C(=O)Nc2ccc(C(C)=O)cc2)c1. The Morgan fingerprint density at radius 1 is 1.00 bits per heavy atom. The smallest absolute Gasteiger partial charge is 0.274 e. The van der Waals surface area contributed by atoms with Crippen molar-refractivity contribution in [3.63, 3.8) is 0 Å². The molecule has 3 rings (SSSR count). The van der Waals surface area contributed by atoms with Gasteiger partial charge in [0.2, 0.25) is 0 Å². The van der Waals surface area contributed by atoms with E-state index in [1.165, 1.54) is 6.92 Å². The number of hydrogen-bond donors (Lipinski definition) is 2. The number of ether oxygens (including phenoxy) is 1. The molecular formula is C22H21N3O3. The van der Waals surface area contributed by atoms with E-state index in [9.17, 15) is 9.59 Å². The second-order valence-corrected chi connectivity index (χ2v) is 6.07. The quantitative estimate of drug-likeness (QED) is 0.586. The molecule has 3 aromatic rings. The van der Waals surface area contributed by atoms with Crippen LogP contribution in [-0.4, -0.2) is 23.3 Å². The van der Waals surface area contributed by atoms with E-state index in [0.29, 0.717) is 17.9 Å². The molecule has 0 bridgehead atoms. The highest BCUT2D eigenvalue weighted by Crippen LogP contribution is 2.27. The molecule has 0 aliphatic rings. The standard InChI is InChI=1S/C22H21N3O3/c1-3-28-21-7-5-4-6-19(21)24-18-12-13-23-20(14-18)22(27)25-17-10-8-16(9-11-17)15(2)26/h4-14H,3H2,1-2H3,(H,23,24)(H,25,27). The summed E-state index contributed by atoms with van der Waals surface area (Å²) in [4.78, 5) is 28.0. The largest absolute Gasteiger partial charge is 0.492 e. The van der Waals surface area contributed by atoms with E-state index >= 15 is 0 Å². The molecule has 6 heteroatoms. The topological polar surface area (TPSA) is 80.3 Å². The number of Topliss-reactive ketones (excluding diaryl/α,β-unsaturated/α-hetero) is 1. The lowest BCUT2D eigenvalue weighted by molar-refractivity contribution is 0.101. The van der Waals surface area contributed by atoms with Gasteiger partial charge in [-0.1, -0.05) is 12.1 Å². The summed E-state index contributed by atoms with van der Waals surface area (Å²) in [6.07, 6.45) is 1.57. The van der Waals surface area contributed by atoms with Gasteiger partial charge in [-0.05, 0) is 62.4 Å². The van der Waals surface area contributed by atoms with Crippen molar-refractivity contribution in [3.05, 3.63) is 78.1 Å². The van der Waals surface area contributed by atoms with Crippen molar-refractivity contribution in [3.8, 4) is 5.75 Å². The van der Waals surface area contributed by atoms with Gasteiger partial charge in [0.1, 0.15) is 11.4 Å². The first kappa shape index (κ1) is 19.1. The summed E-state index contributed by atoms with van der Waals surface area (Å²) in [6.45, 7) is 3.99. The van der Waals surface area contributed by atoms with Crippen LogP contribution in [0.15, 0.2) is 66.9 Å². The number of para-hydroxylation sites is 2. The van der Waals surface area contributed by atoms with Crippen molar-refractivity contribution in [1.82, 2.24) is 4.98 Å². The minimum Gasteiger partial charge on any atom is -0.492 e. The molecule has 1 aromatic heterocycles. The zero-order chi connectivity index (χ0) is 19.9. The summed E-state index contributed by atoms with van der Waals surface area (Å²) in [7, 11) is 0. The minimum absolute atomic E-state index is 0.0225. The molecule has 0 spiro atoms. The van der Waals surface area contributed by atoms with Gasteiger partial charge in [-0.25, -0.2) is 0 Å². The third-order valence-corrected chi connectivity index (χ3v) is 4.01. The number of rotatable bonds is 7. The van der Waals surface area contributed by atoms with Gasteiger partial charge >= 0.3 is 0 Å². The number of amides is 1. The normalized spacial score (nSPS) is 10.2. The Bertz CT molecular complexity index is 984. The predicted octanol–water partition coefficient (Wildman–Crippen LogP) is 4.68. The fourth-order valence-electron chi connectivity index (χ4n) is 2.62. The lowest BCUT2D eigenvalue weighted by Crippen LogP contribution is -2.14. The Kier molecular flexibility index (Phi) is 6.01. The van der Waals surface area contributed by atoms with Crippen LogP contribution in [0.3, 0.4) is 0 Å². The summed E-state index contributed by atoms with van der Waals surface area (Å²) < 4.78 is 5.61. The second kappa shape index (κ2) is 8.81. The highest BCUT2D eigenvalue weighted by Gasteiger charge is 2.10. The fraction of sp³-hybridized carbons (Fsp3) is 0.136. The Labute approximate surface area is 163 Å². The van der Waals surface area contributed by atoms with Crippen molar-refractivity contribution in [2.24, 2.45) is 0 Å². The molecule has 0 aliphatic heterocycles. The Balaban J connectivity index is 1.74. The molecule has 2 N–H and O–H groups in total. The van der Waals surface area contributed by atoms with Crippen LogP contribution in [0.1, 0.15) is 34.7 Å². The molecule has 1 heterocycles. The van der Waals surface area contributed by atoms with Gasteiger partial charge in [0.15, 0.2) is 5.78 Å². The maximum absolute atomic E-state index is 12.5. The lowest BCUT2D eigenvalue weighted by Gasteiger charge is -2.12. The average Bonchev–Trinajstić information content (AvgIpc) is 2.70. The van der Waals surface area contributed by atoms with Crippen LogP contribution in [0.4, 0.5) is 17.1 Å². The number of benzene rings is 2. The summed E-state index contributed by atoms with van der Waals surface area (Å²) in [5.41, 5.74) is 2.99. The first-order chi connectivity index (χ1) is 13.6. The molecule has 2 aromatic carbocycles. The van der Waals surface area contributed by atoms with Crippen LogP contribution in [0, 0.1) is 0 Å². The van der Waals surface area contributed by atoms with Gasteiger partial charge < -0.3 is 15.4 Å². The van der Waals surface area contributed by atoms with E-state index < -0.39 is 0 Å². The second-order valence-electron chi connectivity index (χ2n) is 6.07. The van der Waals surface area contributed by atoms with Crippen LogP contribution in [0.5, 0.6) is 5.75 Å². The first-order valence-corrected chi connectivity index (χ1v) is 8.94. The fourth-order valence-corrected chi connectivity index (χ4v) is 2.62.